The Morgan fingerprint density at radius 3 is 2.73 bits per heavy atom. The fourth-order valence-corrected chi connectivity index (χ4v) is 1.96. The summed E-state index contributed by atoms with van der Waals surface area (Å²) >= 11 is 0. The molecule has 2 aromatic carbocycles. The van der Waals surface area contributed by atoms with Crippen molar-refractivity contribution in [1.82, 2.24) is 9.55 Å². The monoisotopic (exact) mass is 289 g/mol. The van der Waals surface area contributed by atoms with Crippen molar-refractivity contribution in [1.29, 1.82) is 5.26 Å². The highest BCUT2D eigenvalue weighted by Gasteiger charge is 2.10. The highest BCUT2D eigenvalue weighted by Crippen LogP contribution is 2.18. The SMILES string of the molecule is N#Cc1cccc(-c2cn(C(=O)Oc3ccccc3)cn2)c1. The molecule has 0 aliphatic rings. The first kappa shape index (κ1) is 13.6. The number of nitrogens with zero attached hydrogens (tertiary/aromatic N) is 3. The fourth-order valence-electron chi connectivity index (χ4n) is 1.96. The summed E-state index contributed by atoms with van der Waals surface area (Å²) in [6.07, 6.45) is 2.42. The molecule has 1 aromatic heterocycles. The van der Waals surface area contributed by atoms with Gasteiger partial charge in [0.2, 0.25) is 0 Å². The number of ether oxygens (including phenoxy) is 1. The van der Waals surface area contributed by atoms with Gasteiger partial charge >= 0.3 is 6.09 Å². The molecular weight excluding hydrogens is 278 g/mol. The number of carbonyl (C=O) groups excluding carboxylic acids is 1. The number of hydrogen-bond donors (Lipinski definition) is 0. The third kappa shape index (κ3) is 2.86. The molecule has 106 valence electrons. The summed E-state index contributed by atoms with van der Waals surface area (Å²) in [6.45, 7) is 0. The molecule has 0 spiro atoms. The van der Waals surface area contributed by atoms with Gasteiger partial charge in [0.1, 0.15) is 12.1 Å². The predicted molar refractivity (Wildman–Crippen MR) is 80.2 cm³/mol. The molecule has 0 saturated heterocycles. The summed E-state index contributed by atoms with van der Waals surface area (Å²) in [4.78, 5) is 16.2. The average molecular weight is 289 g/mol. The van der Waals surface area contributed by atoms with E-state index in [1.54, 1.807) is 48.7 Å². The molecule has 0 bridgehead atoms. The van der Waals surface area contributed by atoms with Crippen molar-refractivity contribution in [2.75, 3.05) is 0 Å². The number of imidazole rings is 1. The van der Waals surface area contributed by atoms with E-state index in [0.29, 0.717) is 17.0 Å². The number of benzene rings is 2. The maximum atomic E-state index is 12.0. The highest BCUT2D eigenvalue weighted by atomic mass is 16.6. The molecule has 0 N–H and O–H groups in total. The Hall–Kier alpha value is -3.39. The van der Waals surface area contributed by atoms with Gasteiger partial charge in [0.25, 0.3) is 0 Å². The van der Waals surface area contributed by atoms with Gasteiger partial charge in [-0.3, -0.25) is 0 Å². The zero-order valence-corrected chi connectivity index (χ0v) is 11.5. The predicted octanol–water partition coefficient (Wildman–Crippen LogP) is 3.47. The molecule has 22 heavy (non-hydrogen) atoms. The fraction of sp³-hybridized carbons (Fsp3) is 0. The van der Waals surface area contributed by atoms with E-state index < -0.39 is 6.09 Å². The third-order valence-electron chi connectivity index (χ3n) is 3.03. The minimum atomic E-state index is -0.540. The maximum Gasteiger partial charge on any atom is 0.424 e. The molecule has 3 rings (SSSR count). The van der Waals surface area contributed by atoms with Crippen LogP contribution in [0.25, 0.3) is 11.3 Å². The van der Waals surface area contributed by atoms with Crippen molar-refractivity contribution in [3.05, 3.63) is 72.7 Å². The van der Waals surface area contributed by atoms with Crippen LogP contribution in [0, 0.1) is 11.3 Å². The lowest BCUT2D eigenvalue weighted by Gasteiger charge is -2.03. The zero-order chi connectivity index (χ0) is 15.4. The number of carbonyl (C=O) groups is 1. The van der Waals surface area contributed by atoms with Gasteiger partial charge in [-0.25, -0.2) is 14.3 Å². The van der Waals surface area contributed by atoms with Crippen molar-refractivity contribution < 1.29 is 9.53 Å². The van der Waals surface area contributed by atoms with Gasteiger partial charge in [-0.15, -0.1) is 0 Å². The first-order chi connectivity index (χ1) is 10.8. The standard InChI is InChI=1S/C17H11N3O2/c18-10-13-5-4-6-14(9-13)16-11-20(12-19-16)17(21)22-15-7-2-1-3-8-15/h1-9,11-12H. The van der Waals surface area contributed by atoms with E-state index in [-0.39, 0.29) is 0 Å². The van der Waals surface area contributed by atoms with Gasteiger partial charge in [-0.1, -0.05) is 30.3 Å². The molecule has 0 atom stereocenters. The number of aromatic nitrogens is 2. The molecule has 0 aliphatic carbocycles. The Morgan fingerprint density at radius 1 is 1.14 bits per heavy atom. The molecule has 3 aromatic rings. The van der Waals surface area contributed by atoms with Crippen molar-refractivity contribution in [2.24, 2.45) is 0 Å². The zero-order valence-electron chi connectivity index (χ0n) is 11.5. The number of hydrogen-bond acceptors (Lipinski definition) is 4. The Labute approximate surface area is 127 Å². The van der Waals surface area contributed by atoms with E-state index in [4.69, 9.17) is 10.00 Å². The summed E-state index contributed by atoms with van der Waals surface area (Å²) in [5, 5.41) is 8.92. The molecule has 0 fully saturated rings. The minimum absolute atomic E-state index is 0.467. The topological polar surface area (TPSA) is 67.9 Å². The molecule has 5 heteroatoms. The molecule has 0 aliphatic heterocycles. The summed E-state index contributed by atoms with van der Waals surface area (Å²) < 4.78 is 6.49. The third-order valence-corrected chi connectivity index (χ3v) is 3.03. The van der Waals surface area contributed by atoms with Crippen molar-refractivity contribution in [3.63, 3.8) is 0 Å². The minimum Gasteiger partial charge on any atom is -0.410 e. The quantitative estimate of drug-likeness (QED) is 0.724. The van der Waals surface area contributed by atoms with Crippen molar-refractivity contribution in [3.8, 4) is 23.1 Å². The Morgan fingerprint density at radius 2 is 1.95 bits per heavy atom. The Balaban J connectivity index is 1.81. The summed E-state index contributed by atoms with van der Waals surface area (Å²) in [5.74, 6) is 0.467. The second-order valence-corrected chi connectivity index (χ2v) is 4.54. The van der Waals surface area contributed by atoms with E-state index in [2.05, 4.69) is 11.1 Å². The second-order valence-electron chi connectivity index (χ2n) is 4.54. The van der Waals surface area contributed by atoms with Crippen LogP contribution in [0.2, 0.25) is 0 Å². The number of para-hydroxylation sites is 1. The molecule has 0 amide bonds. The molecule has 0 radical (unpaired) electrons. The van der Waals surface area contributed by atoms with Crippen LogP contribution in [0.15, 0.2) is 67.1 Å². The highest BCUT2D eigenvalue weighted by molar-refractivity contribution is 5.75. The van der Waals surface area contributed by atoms with E-state index in [1.807, 2.05) is 12.1 Å². The largest absolute Gasteiger partial charge is 0.424 e. The lowest BCUT2D eigenvalue weighted by Crippen LogP contribution is -2.14. The normalized spacial score (nSPS) is 9.95. The Kier molecular flexibility index (Phi) is 3.67. The van der Waals surface area contributed by atoms with E-state index in [1.165, 1.54) is 10.9 Å². The lowest BCUT2D eigenvalue weighted by atomic mass is 10.1. The van der Waals surface area contributed by atoms with Crippen molar-refractivity contribution >= 4 is 6.09 Å². The number of nitriles is 1. The van der Waals surface area contributed by atoms with Gasteiger partial charge in [0, 0.05) is 11.8 Å². The van der Waals surface area contributed by atoms with E-state index >= 15 is 0 Å². The van der Waals surface area contributed by atoms with Crippen molar-refractivity contribution in [2.45, 2.75) is 0 Å². The van der Waals surface area contributed by atoms with Crippen LogP contribution >= 0.6 is 0 Å². The average Bonchev–Trinajstić information content (AvgIpc) is 3.06. The molecule has 0 unspecified atom stereocenters. The second kappa shape index (κ2) is 5.94. The van der Waals surface area contributed by atoms with Crippen LogP contribution in [-0.2, 0) is 0 Å². The van der Waals surface area contributed by atoms with E-state index in [9.17, 15) is 4.79 Å². The Bertz CT molecular complexity index is 848. The van der Waals surface area contributed by atoms with Crippen LogP contribution in [0.4, 0.5) is 4.79 Å². The first-order valence-corrected chi connectivity index (χ1v) is 6.58. The summed E-state index contributed by atoms with van der Waals surface area (Å²) in [6, 6.07) is 17.9. The van der Waals surface area contributed by atoms with Gasteiger partial charge in [0.05, 0.1) is 17.3 Å². The van der Waals surface area contributed by atoms with Gasteiger partial charge in [0.15, 0.2) is 0 Å². The van der Waals surface area contributed by atoms with Crippen LogP contribution in [-0.4, -0.2) is 15.6 Å². The van der Waals surface area contributed by atoms with Crippen LogP contribution in [0.1, 0.15) is 5.56 Å². The van der Waals surface area contributed by atoms with Crippen LogP contribution in [0.3, 0.4) is 0 Å². The molecular formula is C17H11N3O2. The molecule has 5 nitrogen and oxygen atoms in total. The molecule has 1 heterocycles. The summed E-state index contributed by atoms with van der Waals surface area (Å²) in [7, 11) is 0. The van der Waals surface area contributed by atoms with Crippen LogP contribution < -0.4 is 4.74 Å². The maximum absolute atomic E-state index is 12.0. The number of rotatable bonds is 2. The van der Waals surface area contributed by atoms with Gasteiger partial charge in [-0.05, 0) is 24.3 Å². The van der Waals surface area contributed by atoms with Crippen LogP contribution in [0.5, 0.6) is 5.75 Å². The molecule has 0 saturated carbocycles. The van der Waals surface area contributed by atoms with Gasteiger partial charge < -0.3 is 4.74 Å². The lowest BCUT2D eigenvalue weighted by molar-refractivity contribution is 0.202. The van der Waals surface area contributed by atoms with Gasteiger partial charge in [-0.2, -0.15) is 5.26 Å². The first-order valence-electron chi connectivity index (χ1n) is 6.58. The smallest absolute Gasteiger partial charge is 0.410 e. The summed E-state index contributed by atoms with van der Waals surface area (Å²) in [5.41, 5.74) is 1.91. The van der Waals surface area contributed by atoms with E-state index in [0.717, 1.165) is 5.56 Å².